The van der Waals surface area contributed by atoms with Crippen LogP contribution in [0.2, 0.25) is 0 Å². The predicted octanol–water partition coefficient (Wildman–Crippen LogP) is -2.95. The van der Waals surface area contributed by atoms with Crippen molar-refractivity contribution >= 4 is 16.1 Å². The molecule has 0 aliphatic heterocycles. The van der Waals surface area contributed by atoms with Crippen molar-refractivity contribution in [3.8, 4) is 0 Å². The van der Waals surface area contributed by atoms with Gasteiger partial charge in [0.15, 0.2) is 0 Å². The molecule has 0 aromatic rings. The van der Waals surface area contributed by atoms with Gasteiger partial charge in [-0.25, -0.2) is 4.79 Å². The molecule has 0 rings (SSSR count). The Morgan fingerprint density at radius 1 is 1.56 bits per heavy atom. The van der Waals surface area contributed by atoms with Gasteiger partial charge in [0, 0.05) is 18.3 Å². The van der Waals surface area contributed by atoms with E-state index in [1.807, 2.05) is 0 Å². The van der Waals surface area contributed by atoms with Crippen LogP contribution in [0, 0.1) is 0 Å². The summed E-state index contributed by atoms with van der Waals surface area (Å²) in [6.07, 6.45) is 1.22. The minimum atomic E-state index is -3.96. The zero-order valence-corrected chi connectivity index (χ0v) is 12.5. The minimum absolute atomic E-state index is 0. The maximum absolute atomic E-state index is 10.9. The standard InChI is InChI=1S/C8H15NO5S.Na.H/c1-3-14-8(10)6-7(2)9-4-5-15(11,12)13;;/h6,9H,3-5H2,1-2H3,(H,11,12,13);;/q;+1;-1. The SMILES string of the molecule is CCOC(=O)C=C(C)NCCS(=O)(=O)O.[H-].[Na+]. The Kier molecular flexibility index (Phi) is 10.3. The molecule has 8 heteroatoms. The fraction of sp³-hybridized carbons (Fsp3) is 0.625. The summed E-state index contributed by atoms with van der Waals surface area (Å²) in [4.78, 5) is 10.9. The third-order valence-electron chi connectivity index (χ3n) is 1.38. The molecule has 0 atom stereocenters. The quantitative estimate of drug-likeness (QED) is 0.230. The zero-order chi connectivity index (χ0) is 11.9. The third-order valence-corrected chi connectivity index (χ3v) is 2.10. The Bertz CT molecular complexity index is 344. The Morgan fingerprint density at radius 3 is 2.56 bits per heavy atom. The van der Waals surface area contributed by atoms with Crippen molar-refractivity contribution in [3.05, 3.63) is 11.8 Å². The second-order valence-corrected chi connectivity index (χ2v) is 4.36. The van der Waals surface area contributed by atoms with Crippen LogP contribution in [0.1, 0.15) is 15.3 Å². The van der Waals surface area contributed by atoms with Crippen molar-refractivity contribution in [2.75, 3.05) is 18.9 Å². The molecule has 6 nitrogen and oxygen atoms in total. The van der Waals surface area contributed by atoms with E-state index in [0.717, 1.165) is 0 Å². The second-order valence-electron chi connectivity index (χ2n) is 2.79. The molecule has 0 fully saturated rings. The molecule has 0 radical (unpaired) electrons. The molecular formula is C8H16NNaO5S. The number of carbonyl (C=O) groups excluding carboxylic acids is 1. The van der Waals surface area contributed by atoms with Gasteiger partial charge in [-0.1, -0.05) is 0 Å². The molecule has 0 bridgehead atoms. The van der Waals surface area contributed by atoms with Gasteiger partial charge in [-0.15, -0.1) is 0 Å². The van der Waals surface area contributed by atoms with Gasteiger partial charge in [-0.3, -0.25) is 4.55 Å². The number of esters is 1. The van der Waals surface area contributed by atoms with Crippen molar-refractivity contribution in [2.24, 2.45) is 0 Å². The van der Waals surface area contributed by atoms with Crippen molar-refractivity contribution in [1.82, 2.24) is 5.32 Å². The van der Waals surface area contributed by atoms with Gasteiger partial charge in [0.2, 0.25) is 0 Å². The number of ether oxygens (including phenoxy) is 1. The summed E-state index contributed by atoms with van der Waals surface area (Å²) in [5.41, 5.74) is 0.483. The molecule has 0 amide bonds. The number of hydrogen-bond donors (Lipinski definition) is 2. The predicted molar refractivity (Wildman–Crippen MR) is 55.9 cm³/mol. The van der Waals surface area contributed by atoms with E-state index < -0.39 is 21.8 Å². The van der Waals surface area contributed by atoms with E-state index in [9.17, 15) is 13.2 Å². The van der Waals surface area contributed by atoms with E-state index in [1.165, 1.54) is 6.08 Å². The van der Waals surface area contributed by atoms with E-state index in [-0.39, 0.29) is 44.1 Å². The summed E-state index contributed by atoms with van der Waals surface area (Å²) in [7, 11) is -3.96. The van der Waals surface area contributed by atoms with Crippen molar-refractivity contribution in [1.29, 1.82) is 0 Å². The monoisotopic (exact) mass is 261 g/mol. The van der Waals surface area contributed by atoms with E-state index in [1.54, 1.807) is 13.8 Å². The molecule has 0 saturated heterocycles. The summed E-state index contributed by atoms with van der Waals surface area (Å²) in [5, 5.41) is 2.65. The molecule has 0 spiro atoms. The molecule has 16 heavy (non-hydrogen) atoms. The average Bonchev–Trinajstić information content (AvgIpc) is 2.01. The maximum atomic E-state index is 10.9. The Morgan fingerprint density at radius 2 is 2.12 bits per heavy atom. The van der Waals surface area contributed by atoms with Crippen LogP contribution in [0.3, 0.4) is 0 Å². The number of nitrogens with one attached hydrogen (secondary N) is 1. The van der Waals surface area contributed by atoms with Crippen molar-refractivity contribution in [2.45, 2.75) is 13.8 Å². The van der Waals surface area contributed by atoms with Gasteiger partial charge in [-0.2, -0.15) is 8.42 Å². The number of allylic oxidation sites excluding steroid dienone is 1. The van der Waals surface area contributed by atoms with Gasteiger partial charge in [0.1, 0.15) is 0 Å². The maximum Gasteiger partial charge on any atom is 1.00 e. The topological polar surface area (TPSA) is 92.7 Å². The summed E-state index contributed by atoms with van der Waals surface area (Å²) < 4.78 is 33.7. The smallest absolute Gasteiger partial charge is 1.00 e. The van der Waals surface area contributed by atoms with Gasteiger partial charge in [0.25, 0.3) is 10.1 Å². The largest absolute Gasteiger partial charge is 1.00 e. The first-order valence-corrected chi connectivity index (χ1v) is 6.00. The molecule has 0 aromatic carbocycles. The van der Waals surface area contributed by atoms with Gasteiger partial charge in [0.05, 0.1) is 12.4 Å². The van der Waals surface area contributed by atoms with E-state index in [2.05, 4.69) is 10.1 Å². The van der Waals surface area contributed by atoms with Crippen molar-refractivity contribution < 1.29 is 53.5 Å². The number of carbonyl (C=O) groups is 1. The van der Waals surface area contributed by atoms with Gasteiger partial charge in [-0.05, 0) is 13.8 Å². The first-order chi connectivity index (χ1) is 6.85. The summed E-state index contributed by atoms with van der Waals surface area (Å²) in [5.74, 6) is -0.893. The van der Waals surface area contributed by atoms with Crippen LogP contribution in [-0.4, -0.2) is 37.8 Å². The first-order valence-electron chi connectivity index (χ1n) is 4.39. The molecular weight excluding hydrogens is 245 g/mol. The fourth-order valence-electron chi connectivity index (χ4n) is 0.789. The molecule has 90 valence electrons. The van der Waals surface area contributed by atoms with E-state index >= 15 is 0 Å². The van der Waals surface area contributed by atoms with Gasteiger partial charge < -0.3 is 11.5 Å². The summed E-state index contributed by atoms with van der Waals surface area (Å²) in [6, 6.07) is 0. The van der Waals surface area contributed by atoms with E-state index in [4.69, 9.17) is 4.55 Å². The molecule has 2 N–H and O–H groups in total. The molecule has 0 aliphatic carbocycles. The molecule has 0 heterocycles. The molecule has 0 unspecified atom stereocenters. The molecule has 0 aromatic heterocycles. The van der Waals surface area contributed by atoms with Crippen LogP contribution >= 0.6 is 0 Å². The molecule has 0 saturated carbocycles. The van der Waals surface area contributed by atoms with Crippen LogP contribution in [-0.2, 0) is 19.6 Å². The Hall–Kier alpha value is -0.0800. The summed E-state index contributed by atoms with van der Waals surface area (Å²) >= 11 is 0. The zero-order valence-electron chi connectivity index (χ0n) is 10.7. The average molecular weight is 261 g/mol. The Labute approximate surface area is 119 Å². The normalized spacial score (nSPS) is 11.6. The van der Waals surface area contributed by atoms with Crippen LogP contribution in [0.25, 0.3) is 0 Å². The van der Waals surface area contributed by atoms with Crippen LogP contribution < -0.4 is 34.9 Å². The third kappa shape index (κ3) is 12.0. The van der Waals surface area contributed by atoms with Crippen LogP contribution in [0.15, 0.2) is 11.8 Å². The number of rotatable bonds is 6. The van der Waals surface area contributed by atoms with Crippen molar-refractivity contribution in [3.63, 3.8) is 0 Å². The van der Waals surface area contributed by atoms with Crippen LogP contribution in [0.4, 0.5) is 0 Å². The van der Waals surface area contributed by atoms with E-state index in [0.29, 0.717) is 5.70 Å². The number of hydrogen-bond acceptors (Lipinski definition) is 5. The molecule has 0 aliphatic rings. The van der Waals surface area contributed by atoms with Crippen LogP contribution in [0.5, 0.6) is 0 Å². The first kappa shape index (κ1) is 18.3. The Balaban J connectivity index is -0.000000980. The van der Waals surface area contributed by atoms with Gasteiger partial charge >= 0.3 is 35.5 Å². The fourth-order valence-corrected chi connectivity index (χ4v) is 1.15. The second kappa shape index (κ2) is 9.00. The minimum Gasteiger partial charge on any atom is -1.00 e. The summed E-state index contributed by atoms with van der Waals surface area (Å²) in [6.45, 7) is 3.61.